The number of nitro groups is 1. The van der Waals surface area contributed by atoms with E-state index in [1.165, 1.54) is 29.0 Å². The van der Waals surface area contributed by atoms with Gasteiger partial charge in [-0.15, -0.1) is 0 Å². The van der Waals surface area contributed by atoms with Gasteiger partial charge in [0.1, 0.15) is 4.90 Å². The minimum Gasteiger partial charge on any atom is -0.381 e. The Morgan fingerprint density at radius 3 is 2.75 bits per heavy atom. The normalized spacial score (nSPS) is 16.7. The lowest BCUT2D eigenvalue weighted by molar-refractivity contribution is -0.384. The van der Waals surface area contributed by atoms with Gasteiger partial charge in [0.25, 0.3) is 5.69 Å². The van der Waals surface area contributed by atoms with Crippen LogP contribution in [0.2, 0.25) is 0 Å². The van der Waals surface area contributed by atoms with Crippen molar-refractivity contribution >= 4 is 32.3 Å². The number of hydrogen-bond donors (Lipinski definition) is 3. The lowest BCUT2D eigenvalue weighted by Gasteiger charge is -2.25. The van der Waals surface area contributed by atoms with E-state index in [9.17, 15) is 18.5 Å². The largest absolute Gasteiger partial charge is 0.381 e. The lowest BCUT2D eigenvalue weighted by atomic mass is 9.91. The first kappa shape index (κ1) is 18.5. The topological polar surface area (TPSA) is 131 Å². The van der Waals surface area contributed by atoms with Crippen molar-refractivity contribution in [2.45, 2.75) is 37.1 Å². The zero-order valence-electron chi connectivity index (χ0n) is 15.2. The fraction of sp³-hybridized carbons (Fsp3) is 0.263. The summed E-state index contributed by atoms with van der Waals surface area (Å²) in [5.41, 5.74) is 4.61. The van der Waals surface area contributed by atoms with E-state index in [4.69, 9.17) is 5.14 Å². The summed E-state index contributed by atoms with van der Waals surface area (Å²) in [7, 11) is -4.01. The summed E-state index contributed by atoms with van der Waals surface area (Å²) in [4.78, 5) is 13.9. The average Bonchev–Trinajstić information content (AvgIpc) is 2.98. The molecule has 9 heteroatoms. The molecule has 0 fully saturated rings. The molecule has 0 radical (unpaired) electrons. The van der Waals surface area contributed by atoms with Gasteiger partial charge in [-0.3, -0.25) is 10.1 Å². The molecule has 1 aliphatic rings. The number of aryl methyl sites for hydroxylation is 2. The molecule has 1 unspecified atom stereocenters. The second kappa shape index (κ2) is 6.61. The quantitative estimate of drug-likeness (QED) is 0.458. The number of primary sulfonamides is 1. The zero-order chi connectivity index (χ0) is 20.1. The molecule has 28 heavy (non-hydrogen) atoms. The molecule has 146 valence electrons. The Kier molecular flexibility index (Phi) is 4.35. The number of sulfonamides is 1. The van der Waals surface area contributed by atoms with Crippen LogP contribution in [0.3, 0.4) is 0 Å². The van der Waals surface area contributed by atoms with E-state index in [2.05, 4.69) is 28.5 Å². The number of hydrogen-bond acceptors (Lipinski definition) is 5. The Bertz CT molecular complexity index is 1200. The van der Waals surface area contributed by atoms with E-state index in [1.54, 1.807) is 0 Å². The predicted molar refractivity (Wildman–Crippen MR) is 107 cm³/mol. The van der Waals surface area contributed by atoms with E-state index in [0.717, 1.165) is 29.8 Å². The smallest absolute Gasteiger partial charge is 0.271 e. The fourth-order valence-corrected chi connectivity index (χ4v) is 4.55. The molecule has 3 aromatic rings. The molecule has 0 aliphatic heterocycles. The van der Waals surface area contributed by atoms with Crippen LogP contribution in [0.25, 0.3) is 10.9 Å². The third-order valence-corrected chi connectivity index (χ3v) is 6.15. The molecule has 8 nitrogen and oxygen atoms in total. The third kappa shape index (κ3) is 3.34. The van der Waals surface area contributed by atoms with Crippen LogP contribution in [0.1, 0.15) is 23.2 Å². The minimum atomic E-state index is -4.01. The van der Waals surface area contributed by atoms with Crippen LogP contribution in [0.5, 0.6) is 0 Å². The SMILES string of the molecule is Cc1ccc2[nH]c3c(c2c1)CC(Nc1cc([N+](=O)[O-])ccc1S(N)(=O)=O)CC3. The second-order valence-corrected chi connectivity index (χ2v) is 8.73. The van der Waals surface area contributed by atoms with Crippen LogP contribution in [0, 0.1) is 17.0 Å². The molecule has 4 N–H and O–H groups in total. The van der Waals surface area contributed by atoms with Crippen LogP contribution in [-0.4, -0.2) is 24.4 Å². The molecule has 1 heterocycles. The number of aromatic nitrogens is 1. The standard InChI is InChI=1S/C19H20N4O4S/c1-11-2-5-16-14(8-11)15-9-12(3-6-17(15)22-16)21-18-10-13(23(24)25)4-7-19(18)28(20,26)27/h2,4-5,7-8,10,12,21-22H,3,6,9H2,1H3,(H2,20,26,27). The predicted octanol–water partition coefficient (Wildman–Crippen LogP) is 3.00. The Morgan fingerprint density at radius 2 is 2.04 bits per heavy atom. The Morgan fingerprint density at radius 1 is 1.25 bits per heavy atom. The van der Waals surface area contributed by atoms with E-state index in [0.29, 0.717) is 6.42 Å². The lowest BCUT2D eigenvalue weighted by Crippen LogP contribution is -2.28. The Balaban J connectivity index is 1.69. The summed E-state index contributed by atoms with van der Waals surface area (Å²) < 4.78 is 23.8. The van der Waals surface area contributed by atoms with E-state index in [1.807, 2.05) is 6.92 Å². The van der Waals surface area contributed by atoms with E-state index in [-0.39, 0.29) is 22.3 Å². The maximum Gasteiger partial charge on any atom is 0.271 e. The van der Waals surface area contributed by atoms with Gasteiger partial charge in [-0.25, -0.2) is 13.6 Å². The molecule has 0 saturated carbocycles. The zero-order valence-corrected chi connectivity index (χ0v) is 16.0. The maximum atomic E-state index is 11.9. The van der Waals surface area contributed by atoms with Gasteiger partial charge in [0.05, 0.1) is 10.6 Å². The molecule has 2 aromatic carbocycles. The number of nitrogens with zero attached hydrogens (tertiary/aromatic N) is 1. The molecule has 1 aliphatic carbocycles. The maximum absolute atomic E-state index is 11.9. The van der Waals surface area contributed by atoms with Crippen molar-refractivity contribution in [1.29, 1.82) is 0 Å². The molecule has 0 bridgehead atoms. The highest BCUT2D eigenvalue weighted by Gasteiger charge is 2.25. The summed E-state index contributed by atoms with van der Waals surface area (Å²) in [6, 6.07) is 9.75. The van der Waals surface area contributed by atoms with Crippen LogP contribution in [-0.2, 0) is 22.9 Å². The third-order valence-electron chi connectivity index (χ3n) is 5.18. The molecule has 0 spiro atoms. The number of H-pyrrole nitrogens is 1. The van der Waals surface area contributed by atoms with Gasteiger partial charge in [-0.2, -0.15) is 0 Å². The fourth-order valence-electron chi connectivity index (χ4n) is 3.87. The van der Waals surface area contributed by atoms with Crippen molar-refractivity contribution in [3.05, 3.63) is 63.3 Å². The highest BCUT2D eigenvalue weighted by Crippen LogP contribution is 2.33. The monoisotopic (exact) mass is 400 g/mol. The van der Waals surface area contributed by atoms with Gasteiger partial charge in [-0.05, 0) is 49.9 Å². The number of fused-ring (bicyclic) bond motifs is 3. The van der Waals surface area contributed by atoms with Crippen molar-refractivity contribution in [2.24, 2.45) is 5.14 Å². The summed E-state index contributed by atoms with van der Waals surface area (Å²) in [5, 5.41) is 20.7. The van der Waals surface area contributed by atoms with Crippen molar-refractivity contribution in [1.82, 2.24) is 4.98 Å². The number of benzene rings is 2. The Hall–Kier alpha value is -2.91. The van der Waals surface area contributed by atoms with Gasteiger partial charge >= 0.3 is 0 Å². The molecule has 1 atom stereocenters. The number of aromatic amines is 1. The Labute approximate surface area is 162 Å². The van der Waals surface area contributed by atoms with Crippen molar-refractivity contribution in [3.8, 4) is 0 Å². The average molecular weight is 400 g/mol. The highest BCUT2D eigenvalue weighted by molar-refractivity contribution is 7.89. The van der Waals surface area contributed by atoms with E-state index >= 15 is 0 Å². The summed E-state index contributed by atoms with van der Waals surface area (Å²) in [6.45, 7) is 2.04. The first-order valence-electron chi connectivity index (χ1n) is 8.90. The van der Waals surface area contributed by atoms with Gasteiger partial charge in [-0.1, -0.05) is 11.6 Å². The molecular formula is C19H20N4O4S. The number of nitrogens with two attached hydrogens (primary N) is 1. The second-order valence-electron chi connectivity index (χ2n) is 7.20. The summed E-state index contributed by atoms with van der Waals surface area (Å²) in [6.07, 6.45) is 2.26. The van der Waals surface area contributed by atoms with Gasteiger partial charge in [0.2, 0.25) is 10.0 Å². The first-order valence-corrected chi connectivity index (χ1v) is 10.4. The van der Waals surface area contributed by atoms with Gasteiger partial charge in [0, 0.05) is 34.8 Å². The van der Waals surface area contributed by atoms with Gasteiger partial charge < -0.3 is 10.3 Å². The van der Waals surface area contributed by atoms with Crippen molar-refractivity contribution < 1.29 is 13.3 Å². The van der Waals surface area contributed by atoms with Gasteiger partial charge in [0.15, 0.2) is 0 Å². The van der Waals surface area contributed by atoms with Crippen molar-refractivity contribution in [2.75, 3.05) is 5.32 Å². The van der Waals surface area contributed by atoms with E-state index < -0.39 is 14.9 Å². The van der Waals surface area contributed by atoms with Crippen molar-refractivity contribution in [3.63, 3.8) is 0 Å². The van der Waals surface area contributed by atoms with Crippen LogP contribution < -0.4 is 10.5 Å². The highest BCUT2D eigenvalue weighted by atomic mass is 32.2. The molecule has 1 aromatic heterocycles. The summed E-state index contributed by atoms with van der Waals surface area (Å²) in [5.74, 6) is 0. The molecule has 0 amide bonds. The number of rotatable bonds is 4. The first-order chi connectivity index (χ1) is 13.2. The van der Waals surface area contributed by atoms with Crippen LogP contribution in [0.4, 0.5) is 11.4 Å². The number of anilines is 1. The van der Waals surface area contributed by atoms with Crippen LogP contribution >= 0.6 is 0 Å². The molecular weight excluding hydrogens is 380 g/mol. The number of nitro benzene ring substituents is 1. The number of non-ortho nitro benzene ring substituents is 1. The molecule has 4 rings (SSSR count). The molecule has 0 saturated heterocycles. The van der Waals surface area contributed by atoms with Crippen LogP contribution in [0.15, 0.2) is 41.3 Å². The minimum absolute atomic E-state index is 0.0606. The number of nitrogens with one attached hydrogen (secondary N) is 2. The summed E-state index contributed by atoms with van der Waals surface area (Å²) >= 11 is 0.